The highest BCUT2D eigenvalue weighted by molar-refractivity contribution is 4.98. The van der Waals surface area contributed by atoms with Crippen molar-refractivity contribution in [3.8, 4) is 0 Å². The molecular weight excluding hydrogens is 112 g/mol. The largest absolute Gasteiger partial charge is 0.373 e. The number of ether oxygens (including phenoxy) is 1. The molecule has 0 radical (unpaired) electrons. The van der Waals surface area contributed by atoms with Crippen molar-refractivity contribution >= 4 is 0 Å². The van der Waals surface area contributed by atoms with Crippen molar-refractivity contribution < 1.29 is 4.74 Å². The van der Waals surface area contributed by atoms with E-state index in [1.807, 2.05) is 0 Å². The predicted molar refractivity (Wildman–Crippen MR) is 36.2 cm³/mol. The van der Waals surface area contributed by atoms with Crippen molar-refractivity contribution in [2.45, 2.75) is 18.9 Å². The average Bonchev–Trinajstić information content (AvgIpc) is 2.48. The fourth-order valence-corrected chi connectivity index (χ4v) is 1.61. The molecule has 0 bridgehead atoms. The van der Waals surface area contributed by atoms with E-state index in [1.54, 1.807) is 0 Å². The Morgan fingerprint density at radius 3 is 2.56 bits per heavy atom. The van der Waals surface area contributed by atoms with Crippen molar-refractivity contribution in [3.05, 3.63) is 12.7 Å². The second-order valence-electron chi connectivity index (χ2n) is 3.01. The van der Waals surface area contributed by atoms with Crippen molar-refractivity contribution in [2.75, 3.05) is 6.61 Å². The zero-order chi connectivity index (χ0) is 6.27. The zero-order valence-corrected chi connectivity index (χ0v) is 5.55. The monoisotopic (exact) mass is 124 g/mol. The lowest BCUT2D eigenvalue weighted by atomic mass is 9.72. The number of epoxide rings is 1. The highest BCUT2D eigenvalue weighted by Crippen LogP contribution is 2.42. The van der Waals surface area contributed by atoms with E-state index in [9.17, 15) is 0 Å². The summed E-state index contributed by atoms with van der Waals surface area (Å²) in [4.78, 5) is 0. The van der Waals surface area contributed by atoms with E-state index in [-0.39, 0.29) is 0 Å². The van der Waals surface area contributed by atoms with Gasteiger partial charge in [0.05, 0.1) is 12.7 Å². The van der Waals surface area contributed by atoms with Gasteiger partial charge < -0.3 is 4.74 Å². The van der Waals surface area contributed by atoms with Gasteiger partial charge in [0.15, 0.2) is 0 Å². The van der Waals surface area contributed by atoms with Crippen LogP contribution in [0.3, 0.4) is 0 Å². The van der Waals surface area contributed by atoms with E-state index < -0.39 is 0 Å². The van der Waals surface area contributed by atoms with Gasteiger partial charge in [-0.2, -0.15) is 0 Å². The Morgan fingerprint density at radius 2 is 2.22 bits per heavy atom. The summed E-state index contributed by atoms with van der Waals surface area (Å²) < 4.78 is 5.20. The number of hydrogen-bond donors (Lipinski definition) is 0. The molecule has 1 aliphatic heterocycles. The Morgan fingerprint density at radius 1 is 1.44 bits per heavy atom. The van der Waals surface area contributed by atoms with Crippen LogP contribution in [0.25, 0.3) is 0 Å². The molecule has 2 fully saturated rings. The van der Waals surface area contributed by atoms with Crippen LogP contribution in [0.2, 0.25) is 0 Å². The molecule has 2 rings (SSSR count). The molecule has 0 amide bonds. The van der Waals surface area contributed by atoms with Crippen molar-refractivity contribution in [1.82, 2.24) is 0 Å². The zero-order valence-electron chi connectivity index (χ0n) is 5.55. The molecule has 1 heteroatoms. The summed E-state index contributed by atoms with van der Waals surface area (Å²) in [6.45, 7) is 4.80. The summed E-state index contributed by atoms with van der Waals surface area (Å²) >= 11 is 0. The number of allylic oxidation sites excluding steroid dienone is 1. The molecule has 0 spiro atoms. The molecule has 1 saturated carbocycles. The van der Waals surface area contributed by atoms with Gasteiger partial charge in [-0.1, -0.05) is 6.08 Å². The lowest BCUT2D eigenvalue weighted by Gasteiger charge is -2.32. The Balaban J connectivity index is 1.90. The van der Waals surface area contributed by atoms with Gasteiger partial charge in [-0.05, 0) is 24.7 Å². The smallest absolute Gasteiger partial charge is 0.0843 e. The third-order valence-electron chi connectivity index (χ3n) is 2.52. The van der Waals surface area contributed by atoms with E-state index in [4.69, 9.17) is 4.74 Å². The predicted octanol–water partition coefficient (Wildman–Crippen LogP) is 1.60. The topological polar surface area (TPSA) is 12.5 Å². The van der Waals surface area contributed by atoms with E-state index in [1.165, 1.54) is 12.8 Å². The first-order valence-corrected chi connectivity index (χ1v) is 3.66. The molecule has 3 atom stereocenters. The van der Waals surface area contributed by atoms with E-state index in [0.29, 0.717) is 6.10 Å². The molecule has 1 heterocycles. The van der Waals surface area contributed by atoms with Crippen LogP contribution in [-0.2, 0) is 4.74 Å². The Labute approximate surface area is 55.7 Å². The third kappa shape index (κ3) is 0.799. The second-order valence-corrected chi connectivity index (χ2v) is 3.01. The molecule has 0 aromatic carbocycles. The van der Waals surface area contributed by atoms with Crippen LogP contribution >= 0.6 is 0 Å². The van der Waals surface area contributed by atoms with Crippen molar-refractivity contribution in [1.29, 1.82) is 0 Å². The number of hydrogen-bond acceptors (Lipinski definition) is 1. The fourth-order valence-electron chi connectivity index (χ4n) is 1.61. The van der Waals surface area contributed by atoms with Gasteiger partial charge in [-0.15, -0.1) is 6.58 Å². The molecule has 0 N–H and O–H groups in total. The highest BCUT2D eigenvalue weighted by Gasteiger charge is 2.41. The molecule has 2 aliphatic rings. The average molecular weight is 124 g/mol. The summed E-state index contributed by atoms with van der Waals surface area (Å²) in [6.07, 6.45) is 5.40. The molecule has 3 unspecified atom stereocenters. The minimum absolute atomic E-state index is 0.613. The van der Waals surface area contributed by atoms with Crippen LogP contribution in [0, 0.1) is 11.8 Å². The van der Waals surface area contributed by atoms with Crippen LogP contribution in [-0.4, -0.2) is 12.7 Å². The van der Waals surface area contributed by atoms with Crippen LogP contribution in [0.4, 0.5) is 0 Å². The van der Waals surface area contributed by atoms with Gasteiger partial charge in [-0.3, -0.25) is 0 Å². The molecule has 0 aromatic rings. The molecule has 9 heavy (non-hydrogen) atoms. The summed E-state index contributed by atoms with van der Waals surface area (Å²) in [5.74, 6) is 1.61. The third-order valence-corrected chi connectivity index (χ3v) is 2.52. The first-order chi connectivity index (χ1) is 4.42. The van der Waals surface area contributed by atoms with Gasteiger partial charge in [0.2, 0.25) is 0 Å². The molecule has 1 saturated heterocycles. The van der Waals surface area contributed by atoms with Crippen LogP contribution < -0.4 is 0 Å². The van der Waals surface area contributed by atoms with Crippen molar-refractivity contribution in [3.63, 3.8) is 0 Å². The normalized spacial score (nSPS) is 47.8. The minimum Gasteiger partial charge on any atom is -0.373 e. The maximum absolute atomic E-state index is 5.20. The van der Waals surface area contributed by atoms with Crippen LogP contribution in [0.5, 0.6) is 0 Å². The van der Waals surface area contributed by atoms with Crippen LogP contribution in [0.1, 0.15) is 12.8 Å². The Kier molecular flexibility index (Phi) is 1.12. The maximum atomic E-state index is 5.20. The van der Waals surface area contributed by atoms with Gasteiger partial charge >= 0.3 is 0 Å². The van der Waals surface area contributed by atoms with Gasteiger partial charge in [0.1, 0.15) is 0 Å². The Bertz CT molecular complexity index is 127. The first kappa shape index (κ1) is 5.48. The molecule has 0 aromatic heterocycles. The highest BCUT2D eigenvalue weighted by atomic mass is 16.6. The quantitative estimate of drug-likeness (QED) is 0.402. The van der Waals surface area contributed by atoms with Crippen molar-refractivity contribution in [2.24, 2.45) is 11.8 Å². The van der Waals surface area contributed by atoms with Gasteiger partial charge in [0, 0.05) is 0 Å². The second kappa shape index (κ2) is 1.84. The first-order valence-electron chi connectivity index (χ1n) is 3.66. The van der Waals surface area contributed by atoms with Crippen LogP contribution in [0.15, 0.2) is 12.7 Å². The van der Waals surface area contributed by atoms with E-state index >= 15 is 0 Å². The lowest BCUT2D eigenvalue weighted by molar-refractivity contribution is 0.171. The summed E-state index contributed by atoms with van der Waals surface area (Å²) in [6, 6.07) is 0. The molecule has 1 nitrogen and oxygen atoms in total. The SMILES string of the molecule is C=CC1CCC1C1CO1. The summed E-state index contributed by atoms with van der Waals surface area (Å²) in [5, 5.41) is 0. The maximum Gasteiger partial charge on any atom is 0.0843 e. The Hall–Kier alpha value is -0.300. The van der Waals surface area contributed by atoms with E-state index in [0.717, 1.165) is 18.4 Å². The molecule has 1 aliphatic carbocycles. The minimum atomic E-state index is 0.613. The standard InChI is InChI=1S/C8H12O/c1-2-6-3-4-7(6)8-5-9-8/h2,6-8H,1,3-5H2. The number of rotatable bonds is 2. The molecular formula is C8H12O. The lowest BCUT2D eigenvalue weighted by Crippen LogP contribution is -2.28. The summed E-state index contributed by atoms with van der Waals surface area (Å²) in [5.41, 5.74) is 0. The van der Waals surface area contributed by atoms with Gasteiger partial charge in [-0.25, -0.2) is 0 Å². The fraction of sp³-hybridized carbons (Fsp3) is 0.750. The summed E-state index contributed by atoms with van der Waals surface area (Å²) in [7, 11) is 0. The molecule has 50 valence electrons. The van der Waals surface area contributed by atoms with E-state index in [2.05, 4.69) is 12.7 Å². The van der Waals surface area contributed by atoms with Gasteiger partial charge in [0.25, 0.3) is 0 Å².